The predicted molar refractivity (Wildman–Crippen MR) is 121 cm³/mol. The highest BCUT2D eigenvalue weighted by atomic mass is 32.1. The molecule has 1 amide bonds. The average Bonchev–Trinajstić information content (AvgIpc) is 3.31. The molecular formula is C21H22N6O3S. The van der Waals surface area contributed by atoms with Gasteiger partial charge in [-0.2, -0.15) is 0 Å². The number of anilines is 1. The molecule has 0 spiro atoms. The first-order valence-corrected chi connectivity index (χ1v) is 10.5. The number of nitrogens with zero attached hydrogens (tertiary/aromatic N) is 5. The van der Waals surface area contributed by atoms with Crippen molar-refractivity contribution >= 4 is 33.5 Å². The topological polar surface area (TPSA) is 104 Å². The number of carbonyl (C=O) groups excluding carboxylic acids is 1. The van der Waals surface area contributed by atoms with Crippen LogP contribution in [0.5, 0.6) is 0 Å². The first-order valence-electron chi connectivity index (χ1n) is 9.62. The maximum atomic E-state index is 12.6. The van der Waals surface area contributed by atoms with Crippen molar-refractivity contribution in [2.75, 3.05) is 5.32 Å². The smallest absolute Gasteiger partial charge is 0.315 e. The van der Waals surface area contributed by atoms with Gasteiger partial charge in [-0.1, -0.05) is 17.7 Å². The van der Waals surface area contributed by atoms with Crippen molar-refractivity contribution in [3.05, 3.63) is 61.4 Å². The first kappa shape index (κ1) is 20.7. The zero-order chi connectivity index (χ0) is 22.4. The third-order valence-corrected chi connectivity index (χ3v) is 5.97. The Labute approximate surface area is 181 Å². The maximum absolute atomic E-state index is 12.6. The van der Waals surface area contributed by atoms with E-state index in [2.05, 4.69) is 34.3 Å². The van der Waals surface area contributed by atoms with Gasteiger partial charge in [-0.15, -0.1) is 11.3 Å². The van der Waals surface area contributed by atoms with Crippen LogP contribution in [0, 0.1) is 20.8 Å². The molecule has 0 atom stereocenters. The maximum Gasteiger partial charge on any atom is 0.332 e. The van der Waals surface area contributed by atoms with Gasteiger partial charge >= 0.3 is 5.69 Å². The van der Waals surface area contributed by atoms with Gasteiger partial charge < -0.3 is 9.88 Å². The molecule has 0 unspecified atom stereocenters. The van der Waals surface area contributed by atoms with Gasteiger partial charge in [0.2, 0.25) is 5.91 Å². The van der Waals surface area contributed by atoms with E-state index in [1.54, 1.807) is 0 Å². The Balaban J connectivity index is 1.59. The number of thiazole rings is 1. The minimum absolute atomic E-state index is 0.124. The average molecular weight is 439 g/mol. The van der Waals surface area contributed by atoms with Gasteiger partial charge in [-0.3, -0.25) is 18.7 Å². The molecule has 4 aromatic rings. The highest BCUT2D eigenvalue weighted by Gasteiger charge is 2.17. The number of imidazole rings is 1. The Morgan fingerprint density at radius 1 is 1.10 bits per heavy atom. The second kappa shape index (κ2) is 7.62. The summed E-state index contributed by atoms with van der Waals surface area (Å²) >= 11 is 1.34. The van der Waals surface area contributed by atoms with Gasteiger partial charge in [-0.25, -0.2) is 14.8 Å². The van der Waals surface area contributed by atoms with Crippen molar-refractivity contribution in [1.82, 2.24) is 23.7 Å². The van der Waals surface area contributed by atoms with Crippen molar-refractivity contribution < 1.29 is 4.79 Å². The summed E-state index contributed by atoms with van der Waals surface area (Å²) in [7, 11) is 2.93. The van der Waals surface area contributed by atoms with Gasteiger partial charge in [0.15, 0.2) is 16.3 Å². The summed E-state index contributed by atoms with van der Waals surface area (Å²) in [6.07, 6.45) is 1.39. The second-order valence-corrected chi connectivity index (χ2v) is 8.47. The number of amides is 1. The number of benzene rings is 1. The van der Waals surface area contributed by atoms with Gasteiger partial charge in [-0.05, 0) is 31.9 Å². The number of hydrogen-bond acceptors (Lipinski definition) is 6. The summed E-state index contributed by atoms with van der Waals surface area (Å²) in [5.74, 6) is -0.339. The Bertz CT molecular complexity index is 1430. The molecule has 160 valence electrons. The Morgan fingerprint density at radius 3 is 2.45 bits per heavy atom. The summed E-state index contributed by atoms with van der Waals surface area (Å²) in [6.45, 7) is 6.03. The van der Waals surface area contributed by atoms with Crippen molar-refractivity contribution in [1.29, 1.82) is 0 Å². The molecule has 0 aliphatic carbocycles. The molecule has 0 aliphatic heterocycles. The van der Waals surface area contributed by atoms with Gasteiger partial charge in [0, 0.05) is 25.0 Å². The zero-order valence-corrected chi connectivity index (χ0v) is 18.7. The largest absolute Gasteiger partial charge is 0.332 e. The highest BCUT2D eigenvalue weighted by molar-refractivity contribution is 7.14. The predicted octanol–water partition coefficient (Wildman–Crippen LogP) is 2.12. The molecule has 0 fully saturated rings. The molecule has 4 rings (SSSR count). The van der Waals surface area contributed by atoms with Crippen LogP contribution in [0.4, 0.5) is 5.13 Å². The van der Waals surface area contributed by atoms with Crippen LogP contribution in [0.3, 0.4) is 0 Å². The highest BCUT2D eigenvalue weighted by Crippen LogP contribution is 2.31. The fraction of sp³-hybridized carbons (Fsp3) is 0.286. The fourth-order valence-corrected chi connectivity index (χ4v) is 4.58. The molecule has 9 nitrogen and oxygen atoms in total. The zero-order valence-electron chi connectivity index (χ0n) is 17.9. The summed E-state index contributed by atoms with van der Waals surface area (Å²) < 4.78 is 3.72. The van der Waals surface area contributed by atoms with Crippen LogP contribution < -0.4 is 16.6 Å². The quantitative estimate of drug-likeness (QED) is 0.526. The molecule has 1 aromatic carbocycles. The van der Waals surface area contributed by atoms with Crippen LogP contribution in [-0.2, 0) is 25.4 Å². The van der Waals surface area contributed by atoms with Crippen LogP contribution in [0.15, 0.2) is 33.4 Å². The Morgan fingerprint density at radius 2 is 1.77 bits per heavy atom. The third kappa shape index (κ3) is 3.59. The van der Waals surface area contributed by atoms with Gasteiger partial charge in [0.1, 0.15) is 6.54 Å². The molecule has 0 aliphatic rings. The number of aryl methyl sites for hydroxylation is 4. The number of nitrogens with one attached hydrogen (secondary N) is 1. The van der Waals surface area contributed by atoms with Gasteiger partial charge in [0.05, 0.1) is 12.0 Å². The fourth-order valence-electron chi connectivity index (χ4n) is 3.86. The lowest BCUT2D eigenvalue weighted by molar-refractivity contribution is -0.116. The van der Waals surface area contributed by atoms with Crippen molar-refractivity contribution in [3.63, 3.8) is 0 Å². The van der Waals surface area contributed by atoms with Crippen molar-refractivity contribution in [3.8, 4) is 11.3 Å². The number of aromatic nitrogens is 5. The minimum Gasteiger partial charge on any atom is -0.315 e. The molecule has 0 saturated heterocycles. The van der Waals surface area contributed by atoms with E-state index in [-0.39, 0.29) is 23.6 Å². The molecule has 0 radical (unpaired) electrons. The Kier molecular flexibility index (Phi) is 5.10. The van der Waals surface area contributed by atoms with E-state index in [0.29, 0.717) is 5.13 Å². The lowest BCUT2D eigenvalue weighted by Gasteiger charge is -2.09. The molecule has 3 aromatic heterocycles. The summed E-state index contributed by atoms with van der Waals surface area (Å²) in [4.78, 5) is 45.9. The molecule has 3 heterocycles. The molecular weight excluding hydrogens is 416 g/mol. The first-order chi connectivity index (χ1) is 14.7. The van der Waals surface area contributed by atoms with Crippen molar-refractivity contribution in [2.45, 2.75) is 27.3 Å². The van der Waals surface area contributed by atoms with Crippen LogP contribution in [-0.4, -0.2) is 29.6 Å². The minimum atomic E-state index is -0.495. The second-order valence-electron chi connectivity index (χ2n) is 7.61. The third-order valence-electron chi connectivity index (χ3n) is 5.21. The van der Waals surface area contributed by atoms with Crippen LogP contribution in [0.1, 0.15) is 16.7 Å². The summed E-state index contributed by atoms with van der Waals surface area (Å²) in [6, 6.07) is 4.22. The molecule has 10 heteroatoms. The monoisotopic (exact) mass is 438 g/mol. The number of rotatable bonds is 4. The van der Waals surface area contributed by atoms with E-state index in [4.69, 9.17) is 0 Å². The van der Waals surface area contributed by atoms with E-state index in [1.807, 2.05) is 19.2 Å². The SMILES string of the molecule is Cc1cc(C)c(-c2csc(NC(=O)Cn3cnc4c3c(=O)n(C)c(=O)n4C)n2)c(C)c1. The van der Waals surface area contributed by atoms with E-state index < -0.39 is 11.2 Å². The standard InChI is InChI=1S/C21H22N6O3S/c1-11-6-12(2)16(13(3)7-11)14-9-31-20(23-14)24-15(28)8-27-10-22-18-17(27)19(29)26(5)21(30)25(18)4/h6-7,9-10H,8H2,1-5H3,(H,23,24,28). The van der Waals surface area contributed by atoms with E-state index >= 15 is 0 Å². The normalized spacial score (nSPS) is 11.3. The lowest BCUT2D eigenvalue weighted by Crippen LogP contribution is -2.37. The van der Waals surface area contributed by atoms with Gasteiger partial charge in [0.25, 0.3) is 5.56 Å². The van der Waals surface area contributed by atoms with E-state index in [0.717, 1.165) is 27.0 Å². The summed E-state index contributed by atoms with van der Waals surface area (Å²) in [5.41, 5.74) is 4.81. The number of carbonyl (C=O) groups is 1. The van der Waals surface area contributed by atoms with Crippen LogP contribution >= 0.6 is 11.3 Å². The van der Waals surface area contributed by atoms with Crippen LogP contribution in [0.25, 0.3) is 22.4 Å². The Hall–Kier alpha value is -3.53. The number of fused-ring (bicyclic) bond motifs is 1. The molecule has 31 heavy (non-hydrogen) atoms. The number of hydrogen-bond donors (Lipinski definition) is 1. The van der Waals surface area contributed by atoms with E-state index in [9.17, 15) is 14.4 Å². The molecule has 0 bridgehead atoms. The molecule has 1 N–H and O–H groups in total. The summed E-state index contributed by atoms with van der Waals surface area (Å²) in [5, 5.41) is 5.18. The molecule has 0 saturated carbocycles. The lowest BCUT2D eigenvalue weighted by atomic mass is 9.98. The van der Waals surface area contributed by atoms with Crippen molar-refractivity contribution in [2.24, 2.45) is 14.1 Å². The van der Waals surface area contributed by atoms with Crippen LogP contribution in [0.2, 0.25) is 0 Å². The van der Waals surface area contributed by atoms with E-state index in [1.165, 1.54) is 46.5 Å².